The van der Waals surface area contributed by atoms with Crippen LogP contribution in [0.1, 0.15) is 22.8 Å². The fraction of sp³-hybridized carbons (Fsp3) is 0.500. The summed E-state index contributed by atoms with van der Waals surface area (Å²) in [6.45, 7) is 4.74. The van der Waals surface area contributed by atoms with Crippen molar-refractivity contribution in [1.82, 2.24) is 4.90 Å². The number of carbonyl (C=O) groups excluding carboxylic acids is 1. The van der Waals surface area contributed by atoms with E-state index in [4.69, 9.17) is 4.74 Å². The van der Waals surface area contributed by atoms with E-state index >= 15 is 0 Å². The van der Waals surface area contributed by atoms with E-state index in [0.717, 1.165) is 10.0 Å². The number of carbonyl (C=O) groups is 1. The number of aliphatic hydroxyl groups is 1. The third-order valence-electron chi connectivity index (χ3n) is 3.32. The molecule has 2 atom stereocenters. The molecule has 4 nitrogen and oxygen atoms in total. The highest BCUT2D eigenvalue weighted by atomic mass is 79.9. The van der Waals surface area contributed by atoms with Gasteiger partial charge in [-0.25, -0.2) is 0 Å². The summed E-state index contributed by atoms with van der Waals surface area (Å²) >= 11 is 3.42. The predicted octanol–water partition coefficient (Wildman–Crippen LogP) is 1.98. The molecule has 0 bridgehead atoms. The molecule has 0 radical (unpaired) electrons. The zero-order valence-electron chi connectivity index (χ0n) is 11.1. The van der Waals surface area contributed by atoms with Gasteiger partial charge < -0.3 is 14.7 Å². The lowest BCUT2D eigenvalue weighted by molar-refractivity contribution is -0.0667. The number of rotatable bonds is 2. The molecule has 0 saturated carbocycles. The first-order valence-corrected chi connectivity index (χ1v) is 7.11. The molecule has 1 aliphatic heterocycles. The number of ether oxygens (including phenoxy) is 1. The monoisotopic (exact) mass is 327 g/mol. The normalized spacial score (nSPS) is 23.5. The molecule has 0 spiro atoms. The van der Waals surface area contributed by atoms with Crippen LogP contribution in [0.2, 0.25) is 0 Å². The summed E-state index contributed by atoms with van der Waals surface area (Å²) in [6.07, 6.45) is -0.288. The third-order valence-corrected chi connectivity index (χ3v) is 4.01. The van der Waals surface area contributed by atoms with E-state index in [2.05, 4.69) is 15.9 Å². The molecule has 2 unspecified atom stereocenters. The molecule has 1 aromatic rings. The minimum absolute atomic E-state index is 0.0164. The maximum absolute atomic E-state index is 12.6. The first-order valence-electron chi connectivity index (χ1n) is 6.32. The number of nitrogens with zero attached hydrogens (tertiary/aromatic N) is 1. The van der Waals surface area contributed by atoms with Crippen LogP contribution in [-0.2, 0) is 4.74 Å². The van der Waals surface area contributed by atoms with Crippen LogP contribution in [0, 0.1) is 6.92 Å². The molecule has 2 rings (SSSR count). The Bertz CT molecular complexity index is 478. The minimum atomic E-state index is -0.288. The summed E-state index contributed by atoms with van der Waals surface area (Å²) in [6, 6.07) is 5.74. The van der Waals surface area contributed by atoms with Crippen LogP contribution in [0.5, 0.6) is 0 Å². The lowest BCUT2D eigenvalue weighted by Gasteiger charge is -2.37. The summed E-state index contributed by atoms with van der Waals surface area (Å²) in [7, 11) is 0. The van der Waals surface area contributed by atoms with E-state index in [0.29, 0.717) is 18.7 Å². The van der Waals surface area contributed by atoms with E-state index in [1.165, 1.54) is 0 Å². The summed E-state index contributed by atoms with van der Waals surface area (Å²) < 4.78 is 6.25. The van der Waals surface area contributed by atoms with Crippen molar-refractivity contribution in [3.8, 4) is 0 Å². The highest BCUT2D eigenvalue weighted by molar-refractivity contribution is 9.10. The van der Waals surface area contributed by atoms with Gasteiger partial charge in [0.2, 0.25) is 0 Å². The molecule has 1 fully saturated rings. The topological polar surface area (TPSA) is 49.8 Å². The quantitative estimate of drug-likeness (QED) is 0.903. The second-order valence-electron chi connectivity index (χ2n) is 4.93. The smallest absolute Gasteiger partial charge is 0.255 e. The number of amides is 1. The molecular formula is C14H18BrNO3. The number of hydrogen-bond acceptors (Lipinski definition) is 3. The maximum Gasteiger partial charge on any atom is 0.255 e. The van der Waals surface area contributed by atoms with E-state index < -0.39 is 0 Å². The lowest BCUT2D eigenvalue weighted by Crippen LogP contribution is -2.52. The molecule has 0 aliphatic carbocycles. The average molecular weight is 328 g/mol. The summed E-state index contributed by atoms with van der Waals surface area (Å²) in [5.41, 5.74) is 1.71. The number of halogens is 1. The third kappa shape index (κ3) is 3.16. The van der Waals surface area contributed by atoms with Gasteiger partial charge in [0.15, 0.2) is 0 Å². The van der Waals surface area contributed by atoms with E-state index in [-0.39, 0.29) is 24.7 Å². The largest absolute Gasteiger partial charge is 0.394 e. The number of aryl methyl sites for hydroxylation is 1. The van der Waals surface area contributed by atoms with Gasteiger partial charge in [0.1, 0.15) is 0 Å². The van der Waals surface area contributed by atoms with Crippen molar-refractivity contribution in [2.75, 3.05) is 19.8 Å². The van der Waals surface area contributed by atoms with Crippen LogP contribution in [0.25, 0.3) is 0 Å². The Morgan fingerprint density at radius 2 is 2.32 bits per heavy atom. The molecule has 1 aromatic carbocycles. The fourth-order valence-corrected chi connectivity index (χ4v) is 2.58. The second-order valence-corrected chi connectivity index (χ2v) is 5.78. The molecule has 1 heterocycles. The zero-order valence-corrected chi connectivity index (χ0v) is 12.7. The Morgan fingerprint density at radius 3 is 3.00 bits per heavy atom. The van der Waals surface area contributed by atoms with Crippen LogP contribution in [0.3, 0.4) is 0 Å². The van der Waals surface area contributed by atoms with Gasteiger partial charge in [0.05, 0.1) is 30.9 Å². The average Bonchev–Trinajstić information content (AvgIpc) is 2.41. The molecular weight excluding hydrogens is 310 g/mol. The van der Waals surface area contributed by atoms with Crippen molar-refractivity contribution >= 4 is 21.8 Å². The van der Waals surface area contributed by atoms with Gasteiger partial charge in [-0.15, -0.1) is 0 Å². The van der Waals surface area contributed by atoms with Gasteiger partial charge in [-0.3, -0.25) is 4.79 Å². The summed E-state index contributed by atoms with van der Waals surface area (Å²) in [4.78, 5) is 14.4. The van der Waals surface area contributed by atoms with Gasteiger partial charge in [0.25, 0.3) is 5.91 Å². The minimum Gasteiger partial charge on any atom is -0.394 e. The predicted molar refractivity (Wildman–Crippen MR) is 76.2 cm³/mol. The van der Waals surface area contributed by atoms with Crippen LogP contribution < -0.4 is 0 Å². The van der Waals surface area contributed by atoms with Crippen molar-refractivity contribution in [2.45, 2.75) is 26.0 Å². The highest BCUT2D eigenvalue weighted by Gasteiger charge is 2.30. The SMILES string of the molecule is Cc1ccc(Br)c(C(=O)N2CC(CO)OCC2C)c1. The van der Waals surface area contributed by atoms with Gasteiger partial charge >= 0.3 is 0 Å². The number of morpholine rings is 1. The van der Waals surface area contributed by atoms with E-state index in [1.54, 1.807) is 4.90 Å². The van der Waals surface area contributed by atoms with Crippen molar-refractivity contribution in [3.63, 3.8) is 0 Å². The van der Waals surface area contributed by atoms with Crippen LogP contribution in [-0.4, -0.2) is 47.8 Å². The first kappa shape index (κ1) is 14.5. The summed E-state index contributed by atoms with van der Waals surface area (Å²) in [5, 5.41) is 9.17. The van der Waals surface area contributed by atoms with Crippen molar-refractivity contribution in [2.24, 2.45) is 0 Å². The molecule has 19 heavy (non-hydrogen) atoms. The van der Waals surface area contributed by atoms with Gasteiger partial charge in [-0.1, -0.05) is 11.6 Å². The molecule has 5 heteroatoms. The van der Waals surface area contributed by atoms with E-state index in [9.17, 15) is 9.90 Å². The van der Waals surface area contributed by atoms with Crippen LogP contribution >= 0.6 is 15.9 Å². The van der Waals surface area contributed by atoms with Crippen molar-refractivity contribution in [1.29, 1.82) is 0 Å². The molecule has 0 aromatic heterocycles. The van der Waals surface area contributed by atoms with Crippen molar-refractivity contribution < 1.29 is 14.6 Å². The number of benzene rings is 1. The molecule has 1 N–H and O–H groups in total. The number of aliphatic hydroxyl groups excluding tert-OH is 1. The maximum atomic E-state index is 12.6. The standard InChI is InChI=1S/C14H18BrNO3/c1-9-3-4-13(15)12(5-9)14(18)16-6-11(7-17)19-8-10(16)2/h3-5,10-11,17H,6-8H2,1-2H3. The molecule has 1 aliphatic rings. The Kier molecular flexibility index (Phi) is 4.60. The van der Waals surface area contributed by atoms with Crippen LogP contribution in [0.15, 0.2) is 22.7 Å². The van der Waals surface area contributed by atoms with Gasteiger partial charge in [-0.2, -0.15) is 0 Å². The first-order chi connectivity index (χ1) is 9.02. The Balaban J connectivity index is 2.24. The Labute approximate surface area is 121 Å². The van der Waals surface area contributed by atoms with Gasteiger partial charge in [0, 0.05) is 11.0 Å². The summed E-state index contributed by atoms with van der Waals surface area (Å²) in [5.74, 6) is -0.0233. The number of hydrogen-bond donors (Lipinski definition) is 1. The fourth-order valence-electron chi connectivity index (χ4n) is 2.17. The lowest BCUT2D eigenvalue weighted by atomic mass is 10.1. The van der Waals surface area contributed by atoms with Gasteiger partial charge in [-0.05, 0) is 41.9 Å². The second kappa shape index (κ2) is 6.03. The van der Waals surface area contributed by atoms with Crippen molar-refractivity contribution in [3.05, 3.63) is 33.8 Å². The highest BCUT2D eigenvalue weighted by Crippen LogP contribution is 2.22. The van der Waals surface area contributed by atoms with Crippen LogP contribution in [0.4, 0.5) is 0 Å². The zero-order chi connectivity index (χ0) is 14.0. The molecule has 1 amide bonds. The Morgan fingerprint density at radius 1 is 1.58 bits per heavy atom. The Hall–Kier alpha value is -0.910. The van der Waals surface area contributed by atoms with E-state index in [1.807, 2.05) is 32.0 Å². The molecule has 104 valence electrons. The molecule has 1 saturated heterocycles.